The Morgan fingerprint density at radius 2 is 1.61 bits per heavy atom. The zero-order valence-electron chi connectivity index (χ0n) is 10.3. The van der Waals surface area contributed by atoms with Gasteiger partial charge in [0.1, 0.15) is 10.0 Å². The predicted molar refractivity (Wildman–Crippen MR) is 79.0 cm³/mol. The zero-order chi connectivity index (χ0) is 13.3. The van der Waals surface area contributed by atoms with E-state index in [-0.39, 0.29) is 0 Å². The van der Waals surface area contributed by atoms with Crippen molar-refractivity contribution in [3.8, 4) is 0 Å². The molecule has 2 rings (SSSR count). The molecule has 0 aliphatic carbocycles. The SMILES string of the molecule is Cc1ccc(Sc2cc(Cl)c([NH3+])c(Cl)c2)c(C)c1. The molecule has 0 atom stereocenters. The van der Waals surface area contributed by atoms with Gasteiger partial charge >= 0.3 is 0 Å². The van der Waals surface area contributed by atoms with Crippen molar-refractivity contribution in [1.29, 1.82) is 0 Å². The van der Waals surface area contributed by atoms with E-state index in [0.717, 1.165) is 4.90 Å². The molecule has 1 nitrogen and oxygen atoms in total. The third kappa shape index (κ3) is 3.01. The largest absolute Gasteiger partial charge is 0.323 e. The van der Waals surface area contributed by atoms with E-state index in [2.05, 4.69) is 37.8 Å². The molecule has 0 spiro atoms. The second kappa shape index (κ2) is 5.54. The molecule has 0 unspecified atom stereocenters. The molecule has 0 saturated carbocycles. The number of halogens is 2. The lowest BCUT2D eigenvalue weighted by atomic mass is 10.2. The van der Waals surface area contributed by atoms with Crippen molar-refractivity contribution in [2.75, 3.05) is 0 Å². The van der Waals surface area contributed by atoms with E-state index in [1.807, 2.05) is 12.1 Å². The van der Waals surface area contributed by atoms with Gasteiger partial charge in [0.2, 0.25) is 0 Å². The maximum absolute atomic E-state index is 6.09. The maximum atomic E-state index is 6.09. The first-order valence-electron chi connectivity index (χ1n) is 5.53. The molecule has 0 amide bonds. The predicted octanol–water partition coefficient (Wildman–Crippen LogP) is 4.63. The van der Waals surface area contributed by atoms with Gasteiger partial charge in [0, 0.05) is 9.79 Å². The Morgan fingerprint density at radius 3 is 2.17 bits per heavy atom. The van der Waals surface area contributed by atoms with Crippen LogP contribution < -0.4 is 5.73 Å². The summed E-state index contributed by atoms with van der Waals surface area (Å²) in [4.78, 5) is 2.24. The normalized spacial score (nSPS) is 10.7. The van der Waals surface area contributed by atoms with Crippen LogP contribution in [0.1, 0.15) is 11.1 Å². The molecule has 94 valence electrons. The average Bonchev–Trinajstić information content (AvgIpc) is 2.29. The third-order valence-electron chi connectivity index (χ3n) is 2.67. The van der Waals surface area contributed by atoms with Crippen molar-refractivity contribution < 1.29 is 5.73 Å². The highest BCUT2D eigenvalue weighted by atomic mass is 35.5. The second-order valence-electron chi connectivity index (χ2n) is 4.24. The van der Waals surface area contributed by atoms with Gasteiger partial charge in [-0.25, -0.2) is 0 Å². The number of rotatable bonds is 2. The molecule has 4 heteroatoms. The van der Waals surface area contributed by atoms with E-state index in [4.69, 9.17) is 23.2 Å². The Morgan fingerprint density at radius 1 is 1.00 bits per heavy atom. The number of hydrogen-bond donors (Lipinski definition) is 1. The molecule has 0 aliphatic rings. The molecule has 2 aromatic rings. The van der Waals surface area contributed by atoms with Crippen LogP contribution in [0.4, 0.5) is 5.69 Å². The van der Waals surface area contributed by atoms with E-state index in [0.29, 0.717) is 15.7 Å². The van der Waals surface area contributed by atoms with E-state index >= 15 is 0 Å². The van der Waals surface area contributed by atoms with Gasteiger partial charge in [-0.15, -0.1) is 0 Å². The Labute approximate surface area is 121 Å². The van der Waals surface area contributed by atoms with Crippen LogP contribution in [0.25, 0.3) is 0 Å². The van der Waals surface area contributed by atoms with Gasteiger partial charge < -0.3 is 5.73 Å². The summed E-state index contributed by atoms with van der Waals surface area (Å²) in [7, 11) is 0. The second-order valence-corrected chi connectivity index (χ2v) is 6.17. The van der Waals surface area contributed by atoms with Crippen LogP contribution in [0.3, 0.4) is 0 Å². The Balaban J connectivity index is 2.34. The molecular weight excluding hydrogens is 285 g/mol. The fraction of sp³-hybridized carbons (Fsp3) is 0.143. The van der Waals surface area contributed by atoms with Crippen LogP contribution in [0.5, 0.6) is 0 Å². The quantitative estimate of drug-likeness (QED) is 0.860. The summed E-state index contributed by atoms with van der Waals surface area (Å²) in [6.07, 6.45) is 0. The zero-order valence-corrected chi connectivity index (χ0v) is 12.6. The van der Waals surface area contributed by atoms with E-state index in [1.54, 1.807) is 11.8 Å². The minimum atomic E-state index is 0.606. The third-order valence-corrected chi connectivity index (χ3v) is 4.50. The number of hydrogen-bond acceptors (Lipinski definition) is 1. The summed E-state index contributed by atoms with van der Waals surface area (Å²) in [5, 5.41) is 1.21. The molecule has 0 bridgehead atoms. The highest BCUT2D eigenvalue weighted by molar-refractivity contribution is 7.99. The maximum Gasteiger partial charge on any atom is 0.165 e. The molecule has 0 radical (unpaired) electrons. The van der Waals surface area contributed by atoms with Gasteiger partial charge in [0.15, 0.2) is 5.69 Å². The van der Waals surface area contributed by atoms with Gasteiger partial charge in [-0.2, -0.15) is 0 Å². The van der Waals surface area contributed by atoms with Crippen LogP contribution in [0, 0.1) is 13.8 Å². The van der Waals surface area contributed by atoms with Gasteiger partial charge in [-0.05, 0) is 37.6 Å². The first-order chi connectivity index (χ1) is 8.47. The Hall–Kier alpha value is -0.670. The molecule has 0 heterocycles. The molecule has 3 N–H and O–H groups in total. The summed E-state index contributed by atoms with van der Waals surface area (Å²) in [6.45, 7) is 4.20. The summed E-state index contributed by atoms with van der Waals surface area (Å²) >= 11 is 13.8. The fourth-order valence-electron chi connectivity index (χ4n) is 1.68. The van der Waals surface area contributed by atoms with Crippen LogP contribution in [-0.2, 0) is 0 Å². The van der Waals surface area contributed by atoms with Gasteiger partial charge in [0.05, 0.1) is 0 Å². The van der Waals surface area contributed by atoms with Crippen LogP contribution in [0.15, 0.2) is 40.1 Å². The Kier molecular flexibility index (Phi) is 4.23. The van der Waals surface area contributed by atoms with Gasteiger partial charge in [0.25, 0.3) is 0 Å². The molecule has 2 aromatic carbocycles. The van der Waals surface area contributed by atoms with E-state index < -0.39 is 0 Å². The first-order valence-corrected chi connectivity index (χ1v) is 7.10. The minimum Gasteiger partial charge on any atom is -0.323 e. The van der Waals surface area contributed by atoms with Crippen molar-refractivity contribution in [2.45, 2.75) is 23.6 Å². The van der Waals surface area contributed by atoms with Crippen molar-refractivity contribution in [2.24, 2.45) is 0 Å². The van der Waals surface area contributed by atoms with Crippen LogP contribution >= 0.6 is 35.0 Å². The molecular formula is C14H14Cl2NS+. The van der Waals surface area contributed by atoms with Crippen molar-refractivity contribution in [3.05, 3.63) is 51.5 Å². The number of benzene rings is 2. The standard InChI is InChI=1S/C14H13Cl2NS/c1-8-3-4-13(9(2)5-8)18-10-6-11(15)14(17)12(16)7-10/h3-7H,17H2,1-2H3/p+1. The molecule has 0 fully saturated rings. The lowest BCUT2D eigenvalue weighted by Gasteiger charge is -2.08. The average molecular weight is 299 g/mol. The van der Waals surface area contributed by atoms with E-state index in [9.17, 15) is 0 Å². The van der Waals surface area contributed by atoms with Crippen LogP contribution in [0.2, 0.25) is 10.0 Å². The molecule has 18 heavy (non-hydrogen) atoms. The topological polar surface area (TPSA) is 27.6 Å². The van der Waals surface area contributed by atoms with Crippen molar-refractivity contribution >= 4 is 40.7 Å². The van der Waals surface area contributed by atoms with E-state index in [1.165, 1.54) is 16.0 Å². The lowest BCUT2D eigenvalue weighted by Crippen LogP contribution is -2.40. The van der Waals surface area contributed by atoms with Crippen molar-refractivity contribution in [1.82, 2.24) is 0 Å². The molecule has 0 aromatic heterocycles. The molecule has 0 aliphatic heterocycles. The molecule has 0 saturated heterocycles. The fourth-order valence-corrected chi connectivity index (χ4v) is 3.26. The number of quaternary nitrogens is 1. The summed E-state index contributed by atoms with van der Waals surface area (Å²) in [6, 6.07) is 10.2. The Bertz CT molecular complexity index is 573. The summed E-state index contributed by atoms with van der Waals surface area (Å²) in [5.41, 5.74) is 7.03. The van der Waals surface area contributed by atoms with Gasteiger partial charge in [-0.3, -0.25) is 0 Å². The van der Waals surface area contributed by atoms with Crippen LogP contribution in [-0.4, -0.2) is 0 Å². The highest BCUT2D eigenvalue weighted by Crippen LogP contribution is 2.36. The monoisotopic (exact) mass is 298 g/mol. The summed E-state index contributed by atoms with van der Waals surface area (Å²) in [5.74, 6) is 0. The minimum absolute atomic E-state index is 0.606. The smallest absolute Gasteiger partial charge is 0.165 e. The highest BCUT2D eigenvalue weighted by Gasteiger charge is 2.10. The number of aryl methyl sites for hydroxylation is 2. The summed E-state index contributed by atoms with van der Waals surface area (Å²) < 4.78 is 0. The van der Waals surface area contributed by atoms with Gasteiger partial charge in [-0.1, -0.05) is 52.7 Å². The lowest BCUT2D eigenvalue weighted by molar-refractivity contribution is -0.254. The first kappa shape index (κ1) is 13.8. The van der Waals surface area contributed by atoms with Crippen molar-refractivity contribution in [3.63, 3.8) is 0 Å².